The molecule has 6 heteroatoms. The molecule has 6 nitrogen and oxygen atoms in total. The fourth-order valence-corrected chi connectivity index (χ4v) is 5.57. The molecule has 2 aromatic rings. The minimum absolute atomic E-state index is 0.150. The van der Waals surface area contributed by atoms with Gasteiger partial charge in [0.25, 0.3) is 5.91 Å². The van der Waals surface area contributed by atoms with Crippen molar-refractivity contribution in [3.63, 3.8) is 0 Å². The zero-order valence-electron chi connectivity index (χ0n) is 19.5. The van der Waals surface area contributed by atoms with E-state index in [-0.39, 0.29) is 11.8 Å². The Kier molecular flexibility index (Phi) is 6.47. The first-order valence-corrected chi connectivity index (χ1v) is 12.2. The van der Waals surface area contributed by atoms with Gasteiger partial charge in [-0.1, -0.05) is 42.5 Å². The highest BCUT2D eigenvalue weighted by Crippen LogP contribution is 2.31. The zero-order valence-corrected chi connectivity index (χ0v) is 19.5. The topological polar surface area (TPSA) is 47.1 Å². The van der Waals surface area contributed by atoms with Crippen LogP contribution in [-0.4, -0.2) is 89.8 Å². The molecule has 33 heavy (non-hydrogen) atoms. The lowest BCUT2D eigenvalue weighted by Crippen LogP contribution is -2.63. The summed E-state index contributed by atoms with van der Waals surface area (Å²) in [6.45, 7) is 10.1. The highest BCUT2D eigenvalue weighted by Gasteiger charge is 2.35. The van der Waals surface area contributed by atoms with E-state index in [0.29, 0.717) is 12.0 Å². The van der Waals surface area contributed by atoms with E-state index in [1.807, 2.05) is 40.1 Å². The maximum atomic E-state index is 12.7. The van der Waals surface area contributed by atoms with E-state index < -0.39 is 0 Å². The van der Waals surface area contributed by atoms with Crippen LogP contribution in [0.5, 0.6) is 0 Å². The van der Waals surface area contributed by atoms with E-state index in [4.69, 9.17) is 0 Å². The van der Waals surface area contributed by atoms with Crippen LogP contribution in [0.25, 0.3) is 0 Å². The van der Waals surface area contributed by atoms with Crippen molar-refractivity contribution in [1.29, 1.82) is 0 Å². The van der Waals surface area contributed by atoms with Gasteiger partial charge in [-0.25, -0.2) is 0 Å². The van der Waals surface area contributed by atoms with E-state index in [2.05, 4.69) is 34.1 Å². The largest absolute Gasteiger partial charge is 0.342 e. The van der Waals surface area contributed by atoms with Crippen LogP contribution in [-0.2, 0) is 11.3 Å². The standard InChI is InChI=1S/C27H34N4O2/c1-21(32)31-12-11-24(18-31)26-10-6-5-9-23(26)17-28-19-25(20-28)29-13-15-30(16-14-29)27(33)22-7-3-2-4-8-22/h2-10,24-25H,11-20H2,1H3/t24-/m1/s1. The molecule has 5 rings (SSSR count). The second kappa shape index (κ2) is 9.65. The summed E-state index contributed by atoms with van der Waals surface area (Å²) in [6.07, 6.45) is 1.06. The minimum atomic E-state index is 0.150. The van der Waals surface area contributed by atoms with Crippen LogP contribution in [0.4, 0.5) is 0 Å². The van der Waals surface area contributed by atoms with Crippen LogP contribution in [0, 0.1) is 0 Å². The normalized spacial score (nSPS) is 22.4. The van der Waals surface area contributed by atoms with Crippen molar-refractivity contribution in [3.8, 4) is 0 Å². The molecule has 2 aromatic carbocycles. The van der Waals surface area contributed by atoms with Crippen LogP contribution < -0.4 is 0 Å². The Balaban J connectivity index is 1.11. The number of hydrogen-bond acceptors (Lipinski definition) is 4. The summed E-state index contributed by atoms with van der Waals surface area (Å²) in [5.41, 5.74) is 3.61. The molecule has 174 valence electrons. The van der Waals surface area contributed by atoms with Gasteiger partial charge in [-0.15, -0.1) is 0 Å². The number of carbonyl (C=O) groups is 2. The summed E-state index contributed by atoms with van der Waals surface area (Å²) < 4.78 is 0. The number of carbonyl (C=O) groups excluding carboxylic acids is 2. The summed E-state index contributed by atoms with van der Waals surface area (Å²) >= 11 is 0. The molecule has 3 aliphatic heterocycles. The average Bonchev–Trinajstić information content (AvgIpc) is 3.32. The fraction of sp³-hybridized carbons (Fsp3) is 0.481. The Labute approximate surface area is 196 Å². The number of likely N-dealkylation sites (tertiary alicyclic amines) is 2. The summed E-state index contributed by atoms with van der Waals surface area (Å²) in [6, 6.07) is 19.0. The molecule has 0 aromatic heterocycles. The van der Waals surface area contributed by atoms with Gasteiger partial charge in [0.15, 0.2) is 0 Å². The Bertz CT molecular complexity index is 981. The van der Waals surface area contributed by atoms with Crippen LogP contribution in [0.3, 0.4) is 0 Å². The Hall–Kier alpha value is -2.70. The molecular weight excluding hydrogens is 412 g/mol. The van der Waals surface area contributed by atoms with Crippen molar-refractivity contribution in [2.75, 3.05) is 52.4 Å². The van der Waals surface area contributed by atoms with Crippen LogP contribution in [0.2, 0.25) is 0 Å². The molecular formula is C27H34N4O2. The van der Waals surface area contributed by atoms with Crippen LogP contribution >= 0.6 is 0 Å². The number of nitrogens with zero attached hydrogens (tertiary/aromatic N) is 4. The summed E-state index contributed by atoms with van der Waals surface area (Å²) in [5, 5.41) is 0. The molecule has 2 amide bonds. The van der Waals surface area contributed by atoms with Gasteiger partial charge in [-0.05, 0) is 29.7 Å². The molecule has 0 unspecified atom stereocenters. The van der Waals surface area contributed by atoms with Crippen LogP contribution in [0.1, 0.15) is 40.7 Å². The van der Waals surface area contributed by atoms with E-state index >= 15 is 0 Å². The van der Waals surface area contributed by atoms with E-state index in [1.54, 1.807) is 6.92 Å². The van der Waals surface area contributed by atoms with Crippen molar-refractivity contribution in [2.45, 2.75) is 31.8 Å². The molecule has 3 fully saturated rings. The smallest absolute Gasteiger partial charge is 0.253 e. The van der Waals surface area contributed by atoms with Crippen molar-refractivity contribution >= 4 is 11.8 Å². The highest BCUT2D eigenvalue weighted by atomic mass is 16.2. The molecule has 1 atom stereocenters. The third-order valence-electron chi connectivity index (χ3n) is 7.60. The zero-order chi connectivity index (χ0) is 22.8. The number of amides is 2. The number of hydrogen-bond donors (Lipinski definition) is 0. The summed E-state index contributed by atoms with van der Waals surface area (Å²) in [4.78, 5) is 33.5. The predicted molar refractivity (Wildman–Crippen MR) is 129 cm³/mol. The fourth-order valence-electron chi connectivity index (χ4n) is 5.57. The summed E-state index contributed by atoms with van der Waals surface area (Å²) in [5.74, 6) is 0.792. The molecule has 0 bridgehead atoms. The predicted octanol–water partition coefficient (Wildman–Crippen LogP) is 2.66. The molecule has 0 spiro atoms. The van der Waals surface area contributed by atoms with Gasteiger partial charge >= 0.3 is 0 Å². The number of benzene rings is 2. The SMILES string of the molecule is CC(=O)N1CC[C@@H](c2ccccc2CN2CC(N3CCN(C(=O)c4ccccc4)CC3)C2)C1. The first kappa shape index (κ1) is 22.1. The lowest BCUT2D eigenvalue weighted by atomic mass is 9.92. The molecule has 3 heterocycles. The lowest BCUT2D eigenvalue weighted by molar-refractivity contribution is -0.127. The minimum Gasteiger partial charge on any atom is -0.342 e. The van der Waals surface area contributed by atoms with E-state index in [9.17, 15) is 9.59 Å². The second-order valence-electron chi connectivity index (χ2n) is 9.69. The van der Waals surface area contributed by atoms with Gasteiger partial charge in [0.05, 0.1) is 0 Å². The van der Waals surface area contributed by atoms with Gasteiger partial charge in [-0.3, -0.25) is 19.4 Å². The van der Waals surface area contributed by atoms with Gasteiger partial charge < -0.3 is 9.80 Å². The van der Waals surface area contributed by atoms with Crippen LogP contribution in [0.15, 0.2) is 54.6 Å². The third kappa shape index (κ3) is 4.82. The van der Waals surface area contributed by atoms with E-state index in [0.717, 1.165) is 70.9 Å². The maximum Gasteiger partial charge on any atom is 0.253 e. The summed E-state index contributed by atoms with van der Waals surface area (Å²) in [7, 11) is 0. The van der Waals surface area contributed by atoms with Gasteiger partial charge in [0, 0.05) is 83.3 Å². The monoisotopic (exact) mass is 446 g/mol. The number of piperazine rings is 1. The highest BCUT2D eigenvalue weighted by molar-refractivity contribution is 5.94. The lowest BCUT2D eigenvalue weighted by Gasteiger charge is -2.48. The van der Waals surface area contributed by atoms with Gasteiger partial charge in [-0.2, -0.15) is 0 Å². The Morgan fingerprint density at radius 1 is 0.818 bits per heavy atom. The Morgan fingerprint density at radius 2 is 1.52 bits per heavy atom. The quantitative estimate of drug-likeness (QED) is 0.709. The van der Waals surface area contributed by atoms with Crippen molar-refractivity contribution in [1.82, 2.24) is 19.6 Å². The number of rotatable bonds is 5. The maximum absolute atomic E-state index is 12.7. The first-order chi connectivity index (χ1) is 16.1. The van der Waals surface area contributed by atoms with Crippen molar-refractivity contribution < 1.29 is 9.59 Å². The third-order valence-corrected chi connectivity index (χ3v) is 7.60. The van der Waals surface area contributed by atoms with Crippen molar-refractivity contribution in [3.05, 3.63) is 71.3 Å². The van der Waals surface area contributed by atoms with Gasteiger partial charge in [0.1, 0.15) is 0 Å². The molecule has 0 N–H and O–H groups in total. The second-order valence-corrected chi connectivity index (χ2v) is 9.69. The molecule has 0 radical (unpaired) electrons. The molecule has 0 saturated carbocycles. The average molecular weight is 447 g/mol. The molecule has 3 saturated heterocycles. The first-order valence-electron chi connectivity index (χ1n) is 12.2. The van der Waals surface area contributed by atoms with Gasteiger partial charge in [0.2, 0.25) is 5.91 Å². The van der Waals surface area contributed by atoms with Crippen molar-refractivity contribution in [2.24, 2.45) is 0 Å². The Morgan fingerprint density at radius 3 is 2.21 bits per heavy atom. The molecule has 3 aliphatic rings. The van der Waals surface area contributed by atoms with E-state index in [1.165, 1.54) is 11.1 Å². The molecule has 0 aliphatic carbocycles.